The molecule has 1 atom stereocenters. The molecule has 0 saturated heterocycles. The maximum absolute atomic E-state index is 12.1. The molecule has 1 unspecified atom stereocenters. The van der Waals surface area contributed by atoms with E-state index < -0.39 is 5.54 Å². The molecule has 2 aromatic carbocycles. The number of nitrogens with two attached hydrogens (primary N) is 1. The lowest BCUT2D eigenvalue weighted by atomic mass is 9.86. The number of rotatable bonds is 5. The zero-order valence-corrected chi connectivity index (χ0v) is 12.9. The fourth-order valence-electron chi connectivity index (χ4n) is 2.25. The van der Waals surface area contributed by atoms with Gasteiger partial charge in [0.2, 0.25) is 5.91 Å². The van der Waals surface area contributed by atoms with Crippen molar-refractivity contribution in [1.29, 1.82) is 0 Å². The third kappa shape index (κ3) is 2.85. The minimum absolute atomic E-state index is 0.383. The van der Waals surface area contributed by atoms with Gasteiger partial charge >= 0.3 is 0 Å². The predicted octanol–water partition coefficient (Wildman–Crippen LogP) is 3.65. The van der Waals surface area contributed by atoms with Crippen molar-refractivity contribution >= 4 is 27.5 Å². The van der Waals surface area contributed by atoms with E-state index in [1.807, 2.05) is 61.5 Å². The molecule has 0 aliphatic carbocycles. The van der Waals surface area contributed by atoms with Crippen molar-refractivity contribution in [2.45, 2.75) is 18.9 Å². The second-order valence-electron chi connectivity index (χ2n) is 4.62. The van der Waals surface area contributed by atoms with E-state index in [1.165, 1.54) is 0 Å². The highest BCUT2D eigenvalue weighted by Gasteiger charge is 2.36. The lowest BCUT2D eigenvalue weighted by Gasteiger charge is -2.32. The summed E-state index contributed by atoms with van der Waals surface area (Å²) in [6.07, 6.45) is 0.568. The van der Waals surface area contributed by atoms with Gasteiger partial charge < -0.3 is 11.1 Å². The summed E-state index contributed by atoms with van der Waals surface area (Å²) in [5, 5.41) is 3.29. The van der Waals surface area contributed by atoms with Crippen molar-refractivity contribution < 1.29 is 4.79 Å². The standard InChI is InChI=1S/C16H17BrN2O/c1-2-16(15(18)20,12-8-10-13(17)11-9-12)19-14-6-4-3-5-7-14/h3-11,19H,2H2,1H3,(H2,18,20). The van der Waals surface area contributed by atoms with Crippen molar-refractivity contribution in [3.05, 3.63) is 64.6 Å². The molecule has 0 fully saturated rings. The van der Waals surface area contributed by atoms with Crippen molar-refractivity contribution in [3.63, 3.8) is 0 Å². The summed E-state index contributed by atoms with van der Waals surface area (Å²) in [7, 11) is 0. The molecule has 20 heavy (non-hydrogen) atoms. The average Bonchev–Trinajstić information content (AvgIpc) is 2.46. The monoisotopic (exact) mass is 332 g/mol. The number of halogens is 1. The van der Waals surface area contributed by atoms with E-state index in [-0.39, 0.29) is 5.91 Å². The summed E-state index contributed by atoms with van der Waals surface area (Å²) >= 11 is 3.40. The van der Waals surface area contributed by atoms with Gasteiger partial charge in [-0.3, -0.25) is 4.79 Å². The molecule has 3 nitrogen and oxygen atoms in total. The second kappa shape index (κ2) is 6.09. The summed E-state index contributed by atoms with van der Waals surface area (Å²) in [6, 6.07) is 17.3. The fourth-order valence-corrected chi connectivity index (χ4v) is 2.51. The van der Waals surface area contributed by atoms with E-state index >= 15 is 0 Å². The maximum atomic E-state index is 12.1. The highest BCUT2D eigenvalue weighted by molar-refractivity contribution is 9.10. The molecule has 104 valence electrons. The van der Waals surface area contributed by atoms with Crippen LogP contribution < -0.4 is 11.1 Å². The van der Waals surface area contributed by atoms with Crippen molar-refractivity contribution in [2.75, 3.05) is 5.32 Å². The zero-order chi connectivity index (χ0) is 14.6. The molecule has 0 radical (unpaired) electrons. The molecule has 0 bridgehead atoms. The van der Waals surface area contributed by atoms with Gasteiger partial charge in [0.25, 0.3) is 0 Å². The van der Waals surface area contributed by atoms with Crippen LogP contribution in [0, 0.1) is 0 Å². The molecule has 0 aliphatic heterocycles. The first-order valence-corrected chi connectivity index (χ1v) is 7.27. The first-order valence-electron chi connectivity index (χ1n) is 6.47. The van der Waals surface area contributed by atoms with Gasteiger partial charge in [-0.1, -0.05) is 53.2 Å². The lowest BCUT2D eigenvalue weighted by Crippen LogP contribution is -2.47. The summed E-state index contributed by atoms with van der Waals surface area (Å²) < 4.78 is 0.968. The Bertz CT molecular complexity index is 583. The Morgan fingerprint density at radius 1 is 1.15 bits per heavy atom. The molecule has 0 saturated carbocycles. The summed E-state index contributed by atoms with van der Waals surface area (Å²) in [5.74, 6) is -0.383. The van der Waals surface area contributed by atoms with Gasteiger partial charge in [-0.05, 0) is 36.2 Å². The number of para-hydroxylation sites is 1. The highest BCUT2D eigenvalue weighted by Crippen LogP contribution is 2.30. The van der Waals surface area contributed by atoms with Crippen LogP contribution in [-0.4, -0.2) is 5.91 Å². The van der Waals surface area contributed by atoms with Crippen molar-refractivity contribution in [3.8, 4) is 0 Å². The smallest absolute Gasteiger partial charge is 0.247 e. The first-order chi connectivity index (χ1) is 9.58. The van der Waals surface area contributed by atoms with Crippen LogP contribution in [0.5, 0.6) is 0 Å². The normalized spacial score (nSPS) is 13.5. The summed E-state index contributed by atoms with van der Waals surface area (Å²) in [5.41, 5.74) is 6.52. The lowest BCUT2D eigenvalue weighted by molar-refractivity contribution is -0.122. The molecule has 0 aromatic heterocycles. The fraction of sp³-hybridized carbons (Fsp3) is 0.188. The Hall–Kier alpha value is -1.81. The molecule has 2 aromatic rings. The number of nitrogens with one attached hydrogen (secondary N) is 1. The molecular formula is C16H17BrN2O. The SMILES string of the molecule is CCC(Nc1ccccc1)(C(N)=O)c1ccc(Br)cc1. The minimum atomic E-state index is -0.901. The van der Waals surface area contributed by atoms with Gasteiger partial charge in [0.05, 0.1) is 0 Å². The van der Waals surface area contributed by atoms with Crippen LogP contribution in [-0.2, 0) is 10.3 Å². The number of hydrogen-bond donors (Lipinski definition) is 2. The Morgan fingerprint density at radius 3 is 2.25 bits per heavy atom. The molecule has 0 aliphatic rings. The van der Waals surface area contributed by atoms with Crippen LogP contribution in [0.25, 0.3) is 0 Å². The number of amides is 1. The van der Waals surface area contributed by atoms with Crippen LogP contribution in [0.2, 0.25) is 0 Å². The van der Waals surface area contributed by atoms with Crippen molar-refractivity contribution in [2.24, 2.45) is 5.73 Å². The quantitative estimate of drug-likeness (QED) is 0.877. The van der Waals surface area contributed by atoms with E-state index in [4.69, 9.17) is 5.73 Å². The van der Waals surface area contributed by atoms with E-state index in [0.717, 1.165) is 15.7 Å². The number of anilines is 1. The molecule has 0 heterocycles. The molecular weight excluding hydrogens is 316 g/mol. The van der Waals surface area contributed by atoms with Crippen LogP contribution in [0.1, 0.15) is 18.9 Å². The van der Waals surface area contributed by atoms with Gasteiger partial charge in [0.15, 0.2) is 0 Å². The largest absolute Gasteiger partial charge is 0.368 e. The molecule has 2 rings (SSSR count). The van der Waals surface area contributed by atoms with Crippen LogP contribution in [0.3, 0.4) is 0 Å². The zero-order valence-electron chi connectivity index (χ0n) is 11.3. The second-order valence-corrected chi connectivity index (χ2v) is 5.54. The van der Waals surface area contributed by atoms with Gasteiger partial charge in [-0.2, -0.15) is 0 Å². The topological polar surface area (TPSA) is 55.1 Å². The summed E-state index contributed by atoms with van der Waals surface area (Å²) in [6.45, 7) is 1.95. The third-order valence-electron chi connectivity index (χ3n) is 3.42. The van der Waals surface area contributed by atoms with Gasteiger partial charge in [-0.25, -0.2) is 0 Å². The van der Waals surface area contributed by atoms with Gasteiger partial charge in [-0.15, -0.1) is 0 Å². The van der Waals surface area contributed by atoms with Gasteiger partial charge in [0.1, 0.15) is 5.54 Å². The van der Waals surface area contributed by atoms with E-state index in [9.17, 15) is 4.79 Å². The Kier molecular flexibility index (Phi) is 4.45. The van der Waals surface area contributed by atoms with E-state index in [0.29, 0.717) is 6.42 Å². The van der Waals surface area contributed by atoms with E-state index in [2.05, 4.69) is 21.2 Å². The first kappa shape index (κ1) is 14.6. The van der Waals surface area contributed by atoms with Crippen LogP contribution in [0.4, 0.5) is 5.69 Å². The van der Waals surface area contributed by atoms with E-state index in [1.54, 1.807) is 0 Å². The number of primary amides is 1. The molecule has 1 amide bonds. The average molecular weight is 333 g/mol. The highest BCUT2D eigenvalue weighted by atomic mass is 79.9. The number of benzene rings is 2. The number of carbonyl (C=O) groups is 1. The molecule has 0 spiro atoms. The number of carbonyl (C=O) groups excluding carboxylic acids is 1. The summed E-state index contributed by atoms with van der Waals surface area (Å²) in [4.78, 5) is 12.1. The minimum Gasteiger partial charge on any atom is -0.368 e. The third-order valence-corrected chi connectivity index (χ3v) is 3.95. The Balaban J connectivity index is 2.45. The Labute approximate surface area is 127 Å². The Morgan fingerprint density at radius 2 is 1.75 bits per heavy atom. The number of hydrogen-bond acceptors (Lipinski definition) is 2. The van der Waals surface area contributed by atoms with Crippen LogP contribution in [0.15, 0.2) is 59.1 Å². The molecule has 4 heteroatoms. The van der Waals surface area contributed by atoms with Gasteiger partial charge in [0, 0.05) is 10.2 Å². The maximum Gasteiger partial charge on any atom is 0.247 e. The predicted molar refractivity (Wildman–Crippen MR) is 85.4 cm³/mol. The molecule has 3 N–H and O–H groups in total. The van der Waals surface area contributed by atoms with Crippen LogP contribution >= 0.6 is 15.9 Å². The van der Waals surface area contributed by atoms with Crippen molar-refractivity contribution in [1.82, 2.24) is 0 Å².